The zero-order valence-corrected chi connectivity index (χ0v) is 10.5. The molecule has 0 amide bonds. The van der Waals surface area contributed by atoms with E-state index < -0.39 is 48.4 Å². The third-order valence-corrected chi connectivity index (χ3v) is 2.90. The third kappa shape index (κ3) is 3.92. The van der Waals surface area contributed by atoms with Crippen LogP contribution in [0, 0.1) is 0 Å². The molecule has 0 unspecified atom stereocenters. The van der Waals surface area contributed by atoms with Gasteiger partial charge in [-0.3, -0.25) is 14.4 Å². The number of ether oxygens (including phenoxy) is 1. The average Bonchev–Trinajstić information content (AvgIpc) is 2.79. The largest absolute Gasteiger partial charge is 0.481 e. The Bertz CT molecular complexity index is 410. The molecule has 0 bridgehead atoms. The minimum Gasteiger partial charge on any atom is -0.481 e. The van der Waals surface area contributed by atoms with Crippen molar-refractivity contribution >= 4 is 23.9 Å². The molecule has 1 atom stereocenters. The third-order valence-electron chi connectivity index (χ3n) is 2.90. The normalized spacial score (nSPS) is 18.5. The van der Waals surface area contributed by atoms with E-state index in [0.717, 1.165) is 0 Å². The fourth-order valence-corrected chi connectivity index (χ4v) is 1.97. The molecule has 0 radical (unpaired) electrons. The maximum Gasteiger partial charge on any atom is 0.349 e. The standard InChI is InChI=1S/C11H15NO8/c13-7(14)4-11(10(18)19,5-8(15)16)20-9(17)6-2-1-3-12-6/h6,12H,1-5H2,(H,13,14)(H,15,16)(H,18,19)/t6-/m0/s1. The van der Waals surface area contributed by atoms with Crippen molar-refractivity contribution in [2.24, 2.45) is 0 Å². The van der Waals surface area contributed by atoms with E-state index >= 15 is 0 Å². The molecule has 9 heteroatoms. The molecule has 4 N–H and O–H groups in total. The van der Waals surface area contributed by atoms with Crippen LogP contribution < -0.4 is 5.32 Å². The van der Waals surface area contributed by atoms with Gasteiger partial charge in [-0.2, -0.15) is 0 Å². The summed E-state index contributed by atoms with van der Waals surface area (Å²) in [6.45, 7) is 0.553. The lowest BCUT2D eigenvalue weighted by molar-refractivity contribution is -0.187. The lowest BCUT2D eigenvalue weighted by Crippen LogP contribution is -2.49. The van der Waals surface area contributed by atoms with Crippen LogP contribution in [0.3, 0.4) is 0 Å². The fourth-order valence-electron chi connectivity index (χ4n) is 1.97. The van der Waals surface area contributed by atoms with Crippen LogP contribution in [0.25, 0.3) is 0 Å². The molecule has 0 saturated carbocycles. The highest BCUT2D eigenvalue weighted by Crippen LogP contribution is 2.24. The number of rotatable bonds is 7. The van der Waals surface area contributed by atoms with E-state index in [1.54, 1.807) is 0 Å². The monoisotopic (exact) mass is 289 g/mol. The number of carbonyl (C=O) groups is 4. The summed E-state index contributed by atoms with van der Waals surface area (Å²) in [6, 6.07) is -0.740. The van der Waals surface area contributed by atoms with Crippen LogP contribution in [-0.4, -0.2) is 57.4 Å². The van der Waals surface area contributed by atoms with E-state index in [0.29, 0.717) is 19.4 Å². The Morgan fingerprint density at radius 3 is 2.00 bits per heavy atom. The Kier molecular flexibility index (Phi) is 5.03. The van der Waals surface area contributed by atoms with Crippen LogP contribution in [0.2, 0.25) is 0 Å². The van der Waals surface area contributed by atoms with Gasteiger partial charge in [0, 0.05) is 0 Å². The van der Waals surface area contributed by atoms with Crippen LogP contribution in [0.5, 0.6) is 0 Å². The second-order valence-electron chi connectivity index (χ2n) is 4.51. The van der Waals surface area contributed by atoms with Gasteiger partial charge in [-0.15, -0.1) is 0 Å². The number of carbonyl (C=O) groups excluding carboxylic acids is 1. The van der Waals surface area contributed by atoms with Gasteiger partial charge in [-0.05, 0) is 19.4 Å². The number of carboxylic acid groups (broad SMARTS) is 3. The predicted octanol–water partition coefficient (Wildman–Crippen LogP) is -0.946. The molecule has 1 heterocycles. The fraction of sp³-hybridized carbons (Fsp3) is 0.636. The molecule has 1 rings (SSSR count). The minimum absolute atomic E-state index is 0.425. The summed E-state index contributed by atoms with van der Waals surface area (Å²) in [4.78, 5) is 44.5. The second-order valence-corrected chi connectivity index (χ2v) is 4.51. The lowest BCUT2D eigenvalue weighted by atomic mass is 9.95. The van der Waals surface area contributed by atoms with E-state index in [9.17, 15) is 19.2 Å². The molecule has 0 spiro atoms. The van der Waals surface area contributed by atoms with Gasteiger partial charge in [-0.1, -0.05) is 0 Å². The molecular formula is C11H15NO8. The quantitative estimate of drug-likeness (QED) is 0.435. The van der Waals surface area contributed by atoms with Gasteiger partial charge in [0.15, 0.2) is 0 Å². The van der Waals surface area contributed by atoms with Crippen molar-refractivity contribution in [1.82, 2.24) is 5.32 Å². The van der Waals surface area contributed by atoms with Crippen LogP contribution in [-0.2, 0) is 23.9 Å². The van der Waals surface area contributed by atoms with Crippen molar-refractivity contribution in [3.05, 3.63) is 0 Å². The maximum absolute atomic E-state index is 11.8. The smallest absolute Gasteiger partial charge is 0.349 e. The predicted molar refractivity (Wildman–Crippen MR) is 62.0 cm³/mol. The van der Waals surface area contributed by atoms with Gasteiger partial charge in [0.25, 0.3) is 0 Å². The maximum atomic E-state index is 11.8. The summed E-state index contributed by atoms with van der Waals surface area (Å²) >= 11 is 0. The SMILES string of the molecule is O=C(O)CC(CC(=O)O)(OC(=O)[C@@H]1CCCN1)C(=O)O. The van der Waals surface area contributed by atoms with Crippen molar-refractivity contribution in [1.29, 1.82) is 0 Å². The Hall–Kier alpha value is -2.16. The Balaban J connectivity index is 2.94. The van der Waals surface area contributed by atoms with Crippen LogP contribution in [0.15, 0.2) is 0 Å². The van der Waals surface area contributed by atoms with Gasteiger partial charge in [0.1, 0.15) is 6.04 Å². The number of aliphatic carboxylic acids is 3. The molecule has 20 heavy (non-hydrogen) atoms. The number of hydrogen-bond acceptors (Lipinski definition) is 6. The molecule has 0 aromatic rings. The molecule has 0 aromatic heterocycles. The summed E-state index contributed by atoms with van der Waals surface area (Å²) in [7, 11) is 0. The van der Waals surface area contributed by atoms with Crippen molar-refractivity contribution in [3.63, 3.8) is 0 Å². The van der Waals surface area contributed by atoms with Crippen LogP contribution in [0.1, 0.15) is 25.7 Å². The molecule has 112 valence electrons. The zero-order chi connectivity index (χ0) is 15.3. The lowest BCUT2D eigenvalue weighted by Gasteiger charge is -2.27. The number of hydrogen-bond donors (Lipinski definition) is 4. The van der Waals surface area contributed by atoms with Gasteiger partial charge in [-0.25, -0.2) is 4.79 Å². The molecule has 0 aromatic carbocycles. The molecule has 1 aliphatic rings. The summed E-state index contributed by atoms with van der Waals surface area (Å²) in [5.41, 5.74) is -2.60. The summed E-state index contributed by atoms with van der Waals surface area (Å²) in [5.74, 6) is -5.89. The van der Waals surface area contributed by atoms with Crippen LogP contribution >= 0.6 is 0 Å². The van der Waals surface area contributed by atoms with Gasteiger partial charge in [0.2, 0.25) is 5.60 Å². The highest BCUT2D eigenvalue weighted by atomic mass is 16.6. The Morgan fingerprint density at radius 2 is 1.65 bits per heavy atom. The first kappa shape index (κ1) is 15.9. The highest BCUT2D eigenvalue weighted by molar-refractivity contribution is 5.91. The second kappa shape index (κ2) is 6.33. The van der Waals surface area contributed by atoms with Gasteiger partial charge < -0.3 is 25.4 Å². The van der Waals surface area contributed by atoms with E-state index in [-0.39, 0.29) is 0 Å². The number of esters is 1. The first-order chi connectivity index (χ1) is 9.27. The van der Waals surface area contributed by atoms with Crippen LogP contribution in [0.4, 0.5) is 0 Å². The van der Waals surface area contributed by atoms with Crippen molar-refractivity contribution in [2.75, 3.05) is 6.54 Å². The molecule has 1 saturated heterocycles. The number of nitrogens with one attached hydrogen (secondary N) is 1. The minimum atomic E-state index is -2.60. The average molecular weight is 289 g/mol. The number of carboxylic acids is 3. The molecule has 1 fully saturated rings. The van der Waals surface area contributed by atoms with E-state index in [2.05, 4.69) is 5.32 Å². The Morgan fingerprint density at radius 1 is 1.10 bits per heavy atom. The molecule has 0 aliphatic carbocycles. The molecule has 9 nitrogen and oxygen atoms in total. The highest BCUT2D eigenvalue weighted by Gasteiger charge is 2.48. The van der Waals surface area contributed by atoms with Crippen molar-refractivity contribution in [2.45, 2.75) is 37.3 Å². The summed E-state index contributed by atoms with van der Waals surface area (Å²) in [5, 5.41) is 29.3. The Labute approximate surface area is 113 Å². The van der Waals surface area contributed by atoms with Gasteiger partial charge >= 0.3 is 23.9 Å². The molecular weight excluding hydrogens is 274 g/mol. The zero-order valence-electron chi connectivity index (χ0n) is 10.5. The van der Waals surface area contributed by atoms with Crippen molar-refractivity contribution < 1.29 is 39.2 Å². The molecule has 1 aliphatic heterocycles. The topological polar surface area (TPSA) is 150 Å². The first-order valence-corrected chi connectivity index (χ1v) is 5.90. The van der Waals surface area contributed by atoms with Gasteiger partial charge in [0.05, 0.1) is 12.8 Å². The van der Waals surface area contributed by atoms with E-state index in [1.807, 2.05) is 0 Å². The summed E-state index contributed by atoms with van der Waals surface area (Å²) in [6.07, 6.45) is -1.12. The summed E-state index contributed by atoms with van der Waals surface area (Å²) < 4.78 is 4.74. The van der Waals surface area contributed by atoms with E-state index in [1.165, 1.54) is 0 Å². The van der Waals surface area contributed by atoms with Crippen molar-refractivity contribution in [3.8, 4) is 0 Å². The van der Waals surface area contributed by atoms with E-state index in [4.69, 9.17) is 20.1 Å². The first-order valence-electron chi connectivity index (χ1n) is 5.90.